The van der Waals surface area contributed by atoms with E-state index >= 15 is 0 Å². The van der Waals surface area contributed by atoms with Gasteiger partial charge in [-0.25, -0.2) is 4.57 Å². The van der Waals surface area contributed by atoms with Gasteiger partial charge in [-0.1, -0.05) is 0 Å². The molecule has 13 heavy (non-hydrogen) atoms. The van der Waals surface area contributed by atoms with Crippen molar-refractivity contribution in [1.29, 1.82) is 0 Å². The fraction of sp³-hybridized carbons (Fsp3) is 1.00. The van der Waals surface area contributed by atoms with Crippen LogP contribution in [0.4, 0.5) is 0 Å². The lowest BCUT2D eigenvalue weighted by Crippen LogP contribution is -2.39. The van der Waals surface area contributed by atoms with Crippen molar-refractivity contribution in [2.45, 2.75) is 12.8 Å². The first-order chi connectivity index (χ1) is 6.12. The molecule has 0 radical (unpaired) electrons. The molecule has 2 aliphatic heterocycles. The molecule has 2 heterocycles. The zero-order valence-electron chi connectivity index (χ0n) is 7.20. The van der Waals surface area contributed by atoms with E-state index in [1.807, 2.05) is 0 Å². The summed E-state index contributed by atoms with van der Waals surface area (Å²) in [5.41, 5.74) is -0.0128. The molecule has 76 valence electrons. The molecule has 0 N–H and O–H groups in total. The van der Waals surface area contributed by atoms with Gasteiger partial charge in [-0.2, -0.15) is 0 Å². The summed E-state index contributed by atoms with van der Waals surface area (Å²) in [4.78, 5) is 0. The van der Waals surface area contributed by atoms with Crippen LogP contribution in [0.2, 0.25) is 0 Å². The van der Waals surface area contributed by atoms with Crippen molar-refractivity contribution in [3.8, 4) is 0 Å². The molecule has 0 aromatic carbocycles. The molecule has 2 fully saturated rings. The number of hydrogen-bond acceptors (Lipinski definition) is 4. The summed E-state index contributed by atoms with van der Waals surface area (Å²) in [6.07, 6.45) is 1.79. The van der Waals surface area contributed by atoms with E-state index in [0.717, 1.165) is 26.1 Å². The smallest absolute Gasteiger partial charge is 0.381 e. The molecule has 1 spiro atoms. The largest absolute Gasteiger partial charge is 0.424 e. The van der Waals surface area contributed by atoms with Crippen molar-refractivity contribution < 1.29 is 18.3 Å². The Morgan fingerprint density at radius 1 is 1.15 bits per heavy atom. The van der Waals surface area contributed by atoms with Crippen LogP contribution in [-0.4, -0.2) is 26.4 Å². The third-order valence-electron chi connectivity index (χ3n) is 2.60. The van der Waals surface area contributed by atoms with Gasteiger partial charge in [0.2, 0.25) is 0 Å². The van der Waals surface area contributed by atoms with Crippen LogP contribution in [0, 0.1) is 5.41 Å². The summed E-state index contributed by atoms with van der Waals surface area (Å²) in [6.45, 7) is -0.949. The van der Waals surface area contributed by atoms with Gasteiger partial charge >= 0.3 is 6.95 Å². The highest BCUT2D eigenvalue weighted by molar-refractivity contribution is 7.81. The Bertz CT molecular complexity index is 225. The minimum atomic E-state index is -3.25. The van der Waals surface area contributed by atoms with Gasteiger partial charge in [-0.3, -0.25) is 9.05 Å². The SMILES string of the molecule is O=P1(Cl)OCC2(CCOCC2)CO1. The Morgan fingerprint density at radius 2 is 1.69 bits per heavy atom. The Morgan fingerprint density at radius 3 is 2.23 bits per heavy atom. The van der Waals surface area contributed by atoms with Crippen LogP contribution in [0.3, 0.4) is 0 Å². The molecule has 0 aromatic rings. The topological polar surface area (TPSA) is 44.8 Å². The van der Waals surface area contributed by atoms with E-state index in [4.69, 9.17) is 25.0 Å². The van der Waals surface area contributed by atoms with Gasteiger partial charge < -0.3 is 4.74 Å². The Kier molecular flexibility index (Phi) is 2.69. The molecule has 0 atom stereocenters. The van der Waals surface area contributed by atoms with Crippen molar-refractivity contribution in [3.05, 3.63) is 0 Å². The first-order valence-electron chi connectivity index (χ1n) is 4.29. The van der Waals surface area contributed by atoms with Crippen LogP contribution in [0.25, 0.3) is 0 Å². The lowest BCUT2D eigenvalue weighted by atomic mass is 9.82. The molecule has 0 aliphatic carbocycles. The minimum Gasteiger partial charge on any atom is -0.381 e. The molecular weight excluding hydrogens is 214 g/mol. The zero-order valence-corrected chi connectivity index (χ0v) is 8.85. The second-order valence-electron chi connectivity index (χ2n) is 3.59. The maximum absolute atomic E-state index is 11.1. The fourth-order valence-corrected chi connectivity index (χ4v) is 2.82. The van der Waals surface area contributed by atoms with E-state index in [2.05, 4.69) is 0 Å². The van der Waals surface area contributed by atoms with Crippen LogP contribution in [-0.2, 0) is 18.3 Å². The molecule has 2 saturated heterocycles. The second kappa shape index (κ2) is 3.52. The van der Waals surface area contributed by atoms with Gasteiger partial charge in [0.05, 0.1) is 13.2 Å². The maximum atomic E-state index is 11.1. The molecule has 6 heteroatoms. The summed E-state index contributed by atoms with van der Waals surface area (Å²) in [5.74, 6) is 0. The Balaban J connectivity index is 1.99. The average Bonchev–Trinajstić information content (AvgIpc) is 2.13. The molecule has 0 unspecified atom stereocenters. The lowest BCUT2D eigenvalue weighted by molar-refractivity contribution is -0.0577. The van der Waals surface area contributed by atoms with Crippen molar-refractivity contribution in [2.24, 2.45) is 5.41 Å². The first kappa shape index (κ1) is 9.94. The average molecular weight is 227 g/mol. The lowest BCUT2D eigenvalue weighted by Gasteiger charge is -2.40. The summed E-state index contributed by atoms with van der Waals surface area (Å²) in [5, 5.41) is 0. The molecule has 0 saturated carbocycles. The van der Waals surface area contributed by atoms with Crippen molar-refractivity contribution in [2.75, 3.05) is 26.4 Å². The highest BCUT2D eigenvalue weighted by Crippen LogP contribution is 2.59. The molecule has 4 nitrogen and oxygen atoms in total. The van der Waals surface area contributed by atoms with E-state index in [1.54, 1.807) is 0 Å². The predicted molar refractivity (Wildman–Crippen MR) is 47.8 cm³/mol. The number of rotatable bonds is 0. The number of ether oxygens (including phenoxy) is 1. The van der Waals surface area contributed by atoms with E-state index < -0.39 is 6.95 Å². The molecule has 0 amide bonds. The summed E-state index contributed by atoms with van der Waals surface area (Å²) < 4.78 is 26.4. The van der Waals surface area contributed by atoms with Crippen LogP contribution >= 0.6 is 18.2 Å². The zero-order chi connectivity index (χ0) is 9.36. The summed E-state index contributed by atoms with van der Waals surface area (Å²) in [6, 6.07) is 0. The molecular formula is C7H12ClO4P. The van der Waals surface area contributed by atoms with E-state index in [-0.39, 0.29) is 5.41 Å². The van der Waals surface area contributed by atoms with E-state index in [0.29, 0.717) is 13.2 Å². The van der Waals surface area contributed by atoms with Gasteiger partial charge in [0.25, 0.3) is 0 Å². The van der Waals surface area contributed by atoms with Gasteiger partial charge in [0.1, 0.15) is 0 Å². The summed E-state index contributed by atoms with van der Waals surface area (Å²) >= 11 is 5.45. The summed E-state index contributed by atoms with van der Waals surface area (Å²) in [7, 11) is 0. The van der Waals surface area contributed by atoms with E-state index in [1.165, 1.54) is 0 Å². The van der Waals surface area contributed by atoms with Crippen LogP contribution in [0.15, 0.2) is 0 Å². The van der Waals surface area contributed by atoms with Crippen LogP contribution < -0.4 is 0 Å². The molecule has 2 rings (SSSR count). The van der Waals surface area contributed by atoms with Crippen molar-refractivity contribution in [1.82, 2.24) is 0 Å². The second-order valence-corrected chi connectivity index (χ2v) is 6.21. The Hall–Kier alpha value is 0.400. The van der Waals surface area contributed by atoms with Gasteiger partial charge in [0, 0.05) is 29.9 Å². The van der Waals surface area contributed by atoms with Gasteiger partial charge in [-0.05, 0) is 12.8 Å². The van der Waals surface area contributed by atoms with Crippen molar-refractivity contribution in [3.63, 3.8) is 0 Å². The normalized spacial score (nSPS) is 31.8. The number of halogens is 1. The Labute approximate surface area is 81.8 Å². The highest BCUT2D eigenvalue weighted by atomic mass is 35.7. The standard InChI is InChI=1S/C7H12ClO4P/c8-13(9)11-5-7(6-12-13)1-3-10-4-2-7/h1-6H2. The van der Waals surface area contributed by atoms with Gasteiger partial charge in [-0.15, -0.1) is 0 Å². The van der Waals surface area contributed by atoms with Crippen molar-refractivity contribution >= 4 is 18.2 Å². The first-order valence-corrected chi connectivity index (χ1v) is 6.73. The molecule has 2 aliphatic rings. The van der Waals surface area contributed by atoms with Crippen LogP contribution in [0.1, 0.15) is 12.8 Å². The third kappa shape index (κ3) is 2.25. The maximum Gasteiger partial charge on any atom is 0.424 e. The number of hydrogen-bond donors (Lipinski definition) is 0. The quantitative estimate of drug-likeness (QED) is 0.594. The molecule has 0 bridgehead atoms. The monoisotopic (exact) mass is 226 g/mol. The fourth-order valence-electron chi connectivity index (χ4n) is 1.60. The van der Waals surface area contributed by atoms with Crippen LogP contribution in [0.5, 0.6) is 0 Å². The molecule has 0 aromatic heterocycles. The predicted octanol–water partition coefficient (Wildman–Crippen LogP) is 2.18. The van der Waals surface area contributed by atoms with Gasteiger partial charge in [0.15, 0.2) is 0 Å². The highest BCUT2D eigenvalue weighted by Gasteiger charge is 2.42. The third-order valence-corrected chi connectivity index (χ3v) is 4.06. The van der Waals surface area contributed by atoms with E-state index in [9.17, 15) is 4.57 Å². The minimum absolute atomic E-state index is 0.0128.